The highest BCUT2D eigenvalue weighted by molar-refractivity contribution is 5.88. The lowest BCUT2D eigenvalue weighted by Crippen LogP contribution is -2.22. The van der Waals surface area contributed by atoms with Crippen LogP contribution >= 0.6 is 0 Å². The Morgan fingerprint density at radius 3 is 1.96 bits per heavy atom. The van der Waals surface area contributed by atoms with E-state index in [1.165, 1.54) is 11.1 Å². The summed E-state index contributed by atoms with van der Waals surface area (Å²) >= 11 is 0. The topological polar surface area (TPSA) is 46.5 Å². The zero-order valence-corrected chi connectivity index (χ0v) is 14.5. The van der Waals surface area contributed by atoms with Crippen molar-refractivity contribution in [3.63, 3.8) is 0 Å². The van der Waals surface area contributed by atoms with Crippen molar-refractivity contribution >= 4 is 11.5 Å². The molecule has 0 atom stereocenters. The Balaban J connectivity index is 1.99. The van der Waals surface area contributed by atoms with Gasteiger partial charge in [-0.15, -0.1) is 0 Å². The summed E-state index contributed by atoms with van der Waals surface area (Å²) in [6.45, 7) is 12.5. The van der Waals surface area contributed by atoms with Crippen LogP contribution in [0, 0.1) is 0 Å². The zero-order chi connectivity index (χ0) is 17.7. The molecule has 0 fully saturated rings. The van der Waals surface area contributed by atoms with E-state index in [9.17, 15) is 4.79 Å². The molecule has 0 saturated carbocycles. The Morgan fingerprint density at radius 2 is 1.38 bits per heavy atom. The summed E-state index contributed by atoms with van der Waals surface area (Å²) in [6.07, 6.45) is 0. The Morgan fingerprint density at radius 1 is 0.875 bits per heavy atom. The number of rotatable bonds is 3. The molecular formula is C21H22O3. The second-order valence-corrected chi connectivity index (χ2v) is 7.24. The summed E-state index contributed by atoms with van der Waals surface area (Å²) in [6, 6.07) is 13.1. The molecule has 0 unspecified atom stereocenters. The predicted molar refractivity (Wildman–Crippen MR) is 95.1 cm³/mol. The van der Waals surface area contributed by atoms with Crippen molar-refractivity contribution in [2.75, 3.05) is 0 Å². The molecule has 0 radical (unpaired) electrons. The van der Waals surface area contributed by atoms with E-state index in [0.717, 1.165) is 16.7 Å². The molecule has 2 aromatic carbocycles. The van der Waals surface area contributed by atoms with Crippen LogP contribution in [0.1, 0.15) is 60.3 Å². The van der Waals surface area contributed by atoms with E-state index >= 15 is 0 Å². The highest BCUT2D eigenvalue weighted by atomic mass is 16.5. The van der Waals surface area contributed by atoms with E-state index in [1.807, 2.05) is 0 Å². The molecule has 0 saturated heterocycles. The lowest BCUT2D eigenvalue weighted by molar-refractivity contribution is -0.105. The number of aromatic carboxylic acids is 1. The normalized spacial score (nSPS) is 17.3. The number of fused-ring (bicyclic) bond motifs is 1. The van der Waals surface area contributed by atoms with Gasteiger partial charge in [0.05, 0.1) is 16.8 Å². The third kappa shape index (κ3) is 2.65. The summed E-state index contributed by atoms with van der Waals surface area (Å²) < 4.78 is 6.19. The molecular weight excluding hydrogens is 300 g/mol. The van der Waals surface area contributed by atoms with Gasteiger partial charge < -0.3 is 9.84 Å². The second kappa shape index (κ2) is 5.32. The molecule has 124 valence electrons. The van der Waals surface area contributed by atoms with Crippen LogP contribution in [0.15, 0.2) is 49.0 Å². The second-order valence-electron chi connectivity index (χ2n) is 7.24. The largest absolute Gasteiger partial charge is 0.478 e. The third-order valence-electron chi connectivity index (χ3n) is 4.66. The minimum absolute atomic E-state index is 0.275. The van der Waals surface area contributed by atoms with Gasteiger partial charge in [0.1, 0.15) is 0 Å². The van der Waals surface area contributed by atoms with Crippen molar-refractivity contribution in [2.45, 2.75) is 38.9 Å². The third-order valence-corrected chi connectivity index (χ3v) is 4.66. The predicted octanol–water partition coefficient (Wildman–Crippen LogP) is 4.95. The van der Waals surface area contributed by atoms with E-state index in [4.69, 9.17) is 9.84 Å². The highest BCUT2D eigenvalue weighted by Crippen LogP contribution is 2.47. The number of carboxylic acid groups (broad SMARTS) is 1. The van der Waals surface area contributed by atoms with Gasteiger partial charge >= 0.3 is 5.97 Å². The first-order chi connectivity index (χ1) is 11.1. The van der Waals surface area contributed by atoms with E-state index in [2.05, 4.69) is 52.5 Å². The number of carboxylic acids is 1. The van der Waals surface area contributed by atoms with Crippen molar-refractivity contribution < 1.29 is 14.6 Å². The van der Waals surface area contributed by atoms with Crippen LogP contribution in [-0.2, 0) is 15.9 Å². The highest BCUT2D eigenvalue weighted by Gasteiger charge is 2.42. The number of hydrogen-bond acceptors (Lipinski definition) is 2. The van der Waals surface area contributed by atoms with Gasteiger partial charge in [0.15, 0.2) is 0 Å². The number of benzene rings is 2. The smallest absolute Gasteiger partial charge is 0.335 e. The Hall–Kier alpha value is -2.39. The lowest BCUT2D eigenvalue weighted by Gasteiger charge is -2.24. The Bertz CT molecular complexity index is 827. The quantitative estimate of drug-likeness (QED) is 0.870. The first-order valence-corrected chi connectivity index (χ1v) is 8.00. The van der Waals surface area contributed by atoms with Crippen molar-refractivity contribution in [3.8, 4) is 0 Å². The van der Waals surface area contributed by atoms with Crippen LogP contribution in [0.25, 0.3) is 5.57 Å². The number of hydrogen-bond donors (Lipinski definition) is 1. The molecule has 1 aliphatic rings. The SMILES string of the molecule is C=C(c1ccc(C(=O)O)cc1)c1ccc2c(c1)C(C)(C)OC2(C)C. The van der Waals surface area contributed by atoms with Crippen LogP contribution < -0.4 is 0 Å². The fraction of sp³-hybridized carbons (Fsp3) is 0.286. The number of carbonyl (C=O) groups is 1. The fourth-order valence-corrected chi connectivity index (χ4v) is 3.48. The molecule has 3 nitrogen and oxygen atoms in total. The fourth-order valence-electron chi connectivity index (χ4n) is 3.48. The average Bonchev–Trinajstić information content (AvgIpc) is 2.71. The van der Waals surface area contributed by atoms with Crippen LogP contribution in [0.3, 0.4) is 0 Å². The summed E-state index contributed by atoms with van der Waals surface area (Å²) in [5, 5.41) is 9.01. The van der Waals surface area contributed by atoms with Crippen LogP contribution in [0.2, 0.25) is 0 Å². The molecule has 24 heavy (non-hydrogen) atoms. The van der Waals surface area contributed by atoms with Gasteiger partial charge in [-0.1, -0.05) is 30.8 Å². The van der Waals surface area contributed by atoms with E-state index in [0.29, 0.717) is 0 Å². The van der Waals surface area contributed by atoms with E-state index in [1.54, 1.807) is 24.3 Å². The van der Waals surface area contributed by atoms with E-state index < -0.39 is 5.97 Å². The van der Waals surface area contributed by atoms with Gasteiger partial charge in [0.25, 0.3) is 0 Å². The van der Waals surface area contributed by atoms with Crippen molar-refractivity contribution in [2.24, 2.45) is 0 Å². The molecule has 0 amide bonds. The molecule has 1 aliphatic heterocycles. The summed E-state index contributed by atoms with van der Waals surface area (Å²) in [4.78, 5) is 11.0. The van der Waals surface area contributed by atoms with Gasteiger partial charge in [-0.2, -0.15) is 0 Å². The molecule has 1 N–H and O–H groups in total. The molecule has 0 spiro atoms. The first-order valence-electron chi connectivity index (χ1n) is 8.00. The Kier molecular flexibility index (Phi) is 3.65. The van der Waals surface area contributed by atoms with Crippen molar-refractivity contribution in [3.05, 3.63) is 76.9 Å². The molecule has 3 heteroatoms. The minimum Gasteiger partial charge on any atom is -0.478 e. The zero-order valence-electron chi connectivity index (χ0n) is 14.5. The maximum atomic E-state index is 11.0. The summed E-state index contributed by atoms with van der Waals surface area (Å²) in [7, 11) is 0. The minimum atomic E-state index is -0.925. The van der Waals surface area contributed by atoms with Crippen molar-refractivity contribution in [1.82, 2.24) is 0 Å². The molecule has 2 aromatic rings. The standard InChI is InChI=1S/C21H22O3/c1-13(14-6-8-15(9-7-14)19(22)23)16-10-11-17-18(12-16)21(4,5)24-20(17,2)3/h6-12H,1H2,2-5H3,(H,22,23). The molecule has 1 heterocycles. The maximum Gasteiger partial charge on any atom is 0.335 e. The number of ether oxygens (including phenoxy) is 1. The molecule has 0 bridgehead atoms. The van der Waals surface area contributed by atoms with Gasteiger partial charge in [0, 0.05) is 0 Å². The van der Waals surface area contributed by atoms with Gasteiger partial charge in [-0.3, -0.25) is 0 Å². The van der Waals surface area contributed by atoms with Crippen LogP contribution in [0.5, 0.6) is 0 Å². The van der Waals surface area contributed by atoms with Gasteiger partial charge in [-0.05, 0) is 73.7 Å². The Labute approximate surface area is 142 Å². The molecule has 3 rings (SSSR count). The molecule has 0 aliphatic carbocycles. The van der Waals surface area contributed by atoms with Gasteiger partial charge in [0.2, 0.25) is 0 Å². The van der Waals surface area contributed by atoms with Crippen LogP contribution in [-0.4, -0.2) is 11.1 Å². The maximum absolute atomic E-state index is 11.0. The van der Waals surface area contributed by atoms with E-state index in [-0.39, 0.29) is 16.8 Å². The molecule has 0 aromatic heterocycles. The average molecular weight is 322 g/mol. The summed E-state index contributed by atoms with van der Waals surface area (Å²) in [5.41, 5.74) is 4.80. The first kappa shape index (κ1) is 16.5. The van der Waals surface area contributed by atoms with Crippen LogP contribution in [0.4, 0.5) is 0 Å². The van der Waals surface area contributed by atoms with Gasteiger partial charge in [-0.25, -0.2) is 4.79 Å². The van der Waals surface area contributed by atoms with Crippen molar-refractivity contribution in [1.29, 1.82) is 0 Å². The lowest BCUT2D eigenvalue weighted by atomic mass is 9.87. The monoisotopic (exact) mass is 322 g/mol. The summed E-state index contributed by atoms with van der Waals surface area (Å²) in [5.74, 6) is -0.925.